The number of carbonyl (C=O) groups excluding carboxylic acids is 1. The molecular weight excluding hydrogens is 449 g/mol. The van der Waals surface area contributed by atoms with Crippen LogP contribution in [0.3, 0.4) is 0 Å². The number of nitrogens with zero attached hydrogens (tertiary/aromatic N) is 4. The molecule has 5 rings (SSSR count). The number of halogens is 1. The molecule has 0 fully saturated rings. The minimum atomic E-state index is -0.476. The zero-order valence-electron chi connectivity index (χ0n) is 19.2. The first-order chi connectivity index (χ1) is 16.2. The Morgan fingerprint density at radius 3 is 2.50 bits per heavy atom. The van der Waals surface area contributed by atoms with Crippen LogP contribution in [0, 0.1) is 38.9 Å². The van der Waals surface area contributed by atoms with Crippen molar-refractivity contribution in [1.29, 1.82) is 5.41 Å². The Bertz CT molecular complexity index is 1460. The Kier molecular flexibility index (Phi) is 5.32. The molecule has 1 amide bonds. The van der Waals surface area contributed by atoms with Gasteiger partial charge in [0.2, 0.25) is 5.17 Å². The third-order valence-electron chi connectivity index (χ3n) is 5.92. The van der Waals surface area contributed by atoms with E-state index in [0.717, 1.165) is 28.2 Å². The van der Waals surface area contributed by atoms with Gasteiger partial charge in [0.1, 0.15) is 10.9 Å². The van der Waals surface area contributed by atoms with Crippen molar-refractivity contribution in [2.24, 2.45) is 10.1 Å². The first-order valence-electron chi connectivity index (χ1n) is 10.8. The minimum absolute atomic E-state index is 0.0313. The van der Waals surface area contributed by atoms with Crippen LogP contribution >= 0.6 is 11.8 Å². The lowest BCUT2D eigenvalue weighted by Crippen LogP contribution is -2.35. The quantitative estimate of drug-likeness (QED) is 0.512. The third kappa shape index (κ3) is 3.70. The molecule has 0 unspecified atom stereocenters. The van der Waals surface area contributed by atoms with Gasteiger partial charge < -0.3 is 4.57 Å². The summed E-state index contributed by atoms with van der Waals surface area (Å²) in [4.78, 5) is 17.0. The van der Waals surface area contributed by atoms with Gasteiger partial charge in [-0.1, -0.05) is 12.1 Å². The lowest BCUT2D eigenvalue weighted by Gasteiger charge is -2.20. The molecule has 2 aliphatic heterocycles. The monoisotopic (exact) mass is 471 g/mol. The average molecular weight is 472 g/mol. The molecule has 2 aliphatic rings. The van der Waals surface area contributed by atoms with E-state index in [1.165, 1.54) is 34.5 Å². The largest absolute Gasteiger partial charge is 0.318 e. The van der Waals surface area contributed by atoms with E-state index in [4.69, 9.17) is 5.41 Å². The summed E-state index contributed by atoms with van der Waals surface area (Å²) < 4.78 is 15.4. The van der Waals surface area contributed by atoms with Crippen LogP contribution in [0.1, 0.15) is 33.6 Å². The SMILES string of the molecule is Cc1ccc(C)c(-n2c(C)cc(/C=C3\C(=N)N4N=C(c5ccc(F)cc5)SC4=NC3=O)c2C)c1. The van der Waals surface area contributed by atoms with E-state index in [0.29, 0.717) is 15.8 Å². The van der Waals surface area contributed by atoms with E-state index in [-0.39, 0.29) is 17.2 Å². The second kappa shape index (κ2) is 8.22. The molecule has 170 valence electrons. The zero-order chi connectivity index (χ0) is 24.1. The molecule has 3 aromatic rings. The van der Waals surface area contributed by atoms with Gasteiger partial charge in [0.05, 0.1) is 5.57 Å². The first kappa shape index (κ1) is 22.0. The smallest absolute Gasteiger partial charge is 0.283 e. The van der Waals surface area contributed by atoms with Crippen LogP contribution in [0.25, 0.3) is 11.8 Å². The van der Waals surface area contributed by atoms with E-state index in [9.17, 15) is 9.18 Å². The summed E-state index contributed by atoms with van der Waals surface area (Å²) in [7, 11) is 0. The van der Waals surface area contributed by atoms with Gasteiger partial charge in [0.15, 0.2) is 5.84 Å². The van der Waals surface area contributed by atoms with Gasteiger partial charge >= 0.3 is 0 Å². The molecule has 1 aromatic heterocycles. The summed E-state index contributed by atoms with van der Waals surface area (Å²) in [6.45, 7) is 8.16. The number of carbonyl (C=O) groups is 1. The molecule has 0 spiro atoms. The molecule has 0 aliphatic carbocycles. The molecule has 34 heavy (non-hydrogen) atoms. The van der Waals surface area contributed by atoms with Crippen LogP contribution in [0.5, 0.6) is 0 Å². The molecule has 0 saturated heterocycles. The summed E-state index contributed by atoms with van der Waals surface area (Å²) in [6.07, 6.45) is 1.71. The fraction of sp³-hybridized carbons (Fsp3) is 0.154. The predicted molar refractivity (Wildman–Crippen MR) is 135 cm³/mol. The highest BCUT2D eigenvalue weighted by Crippen LogP contribution is 2.32. The molecule has 0 radical (unpaired) electrons. The zero-order valence-corrected chi connectivity index (χ0v) is 20.0. The molecule has 6 nitrogen and oxygen atoms in total. The van der Waals surface area contributed by atoms with Crippen LogP contribution in [-0.2, 0) is 4.79 Å². The number of benzene rings is 2. The summed E-state index contributed by atoms with van der Waals surface area (Å²) in [6, 6.07) is 14.3. The average Bonchev–Trinajstić information content (AvgIpc) is 3.34. The van der Waals surface area contributed by atoms with Crippen molar-refractivity contribution in [1.82, 2.24) is 9.58 Å². The number of thioether (sulfide) groups is 1. The number of hydrazone groups is 1. The number of hydrogen-bond acceptors (Lipinski definition) is 4. The van der Waals surface area contributed by atoms with Crippen molar-refractivity contribution < 1.29 is 9.18 Å². The minimum Gasteiger partial charge on any atom is -0.318 e. The van der Waals surface area contributed by atoms with Gasteiger partial charge in [-0.05, 0) is 98.6 Å². The molecule has 0 bridgehead atoms. The van der Waals surface area contributed by atoms with E-state index in [2.05, 4.69) is 46.7 Å². The fourth-order valence-electron chi connectivity index (χ4n) is 4.12. The van der Waals surface area contributed by atoms with E-state index >= 15 is 0 Å². The summed E-state index contributed by atoms with van der Waals surface area (Å²) in [5.41, 5.74) is 7.14. The van der Waals surface area contributed by atoms with Crippen molar-refractivity contribution in [2.45, 2.75) is 27.7 Å². The van der Waals surface area contributed by atoms with E-state index in [1.54, 1.807) is 18.2 Å². The molecule has 1 N–H and O–H groups in total. The highest BCUT2D eigenvalue weighted by atomic mass is 32.2. The fourth-order valence-corrected chi connectivity index (χ4v) is 5.02. The van der Waals surface area contributed by atoms with Gasteiger partial charge in [-0.15, -0.1) is 0 Å². The number of hydrogen-bond donors (Lipinski definition) is 1. The van der Waals surface area contributed by atoms with E-state index in [1.807, 2.05) is 19.9 Å². The van der Waals surface area contributed by atoms with Crippen molar-refractivity contribution in [3.63, 3.8) is 0 Å². The number of aryl methyl sites for hydroxylation is 3. The third-order valence-corrected chi connectivity index (χ3v) is 6.88. The van der Waals surface area contributed by atoms with Gasteiger partial charge in [0, 0.05) is 22.6 Å². The number of rotatable bonds is 3. The first-order valence-corrected chi connectivity index (χ1v) is 11.6. The maximum atomic E-state index is 13.3. The van der Waals surface area contributed by atoms with Crippen LogP contribution < -0.4 is 0 Å². The Balaban J connectivity index is 1.52. The van der Waals surface area contributed by atoms with Crippen molar-refractivity contribution in [3.05, 3.63) is 93.6 Å². The summed E-state index contributed by atoms with van der Waals surface area (Å²) in [5, 5.41) is 15.4. The van der Waals surface area contributed by atoms with Gasteiger partial charge in [0.25, 0.3) is 5.91 Å². The number of aromatic nitrogens is 1. The predicted octanol–water partition coefficient (Wildman–Crippen LogP) is 5.52. The summed E-state index contributed by atoms with van der Waals surface area (Å²) in [5.74, 6) is -0.846. The molecule has 8 heteroatoms. The lowest BCUT2D eigenvalue weighted by molar-refractivity contribution is -0.114. The molecule has 0 atom stereocenters. The van der Waals surface area contributed by atoms with Crippen LogP contribution in [0.2, 0.25) is 0 Å². The summed E-state index contributed by atoms with van der Waals surface area (Å²) >= 11 is 1.19. The number of amidine groups is 2. The lowest BCUT2D eigenvalue weighted by atomic mass is 10.1. The van der Waals surface area contributed by atoms with E-state index < -0.39 is 5.91 Å². The van der Waals surface area contributed by atoms with Crippen LogP contribution in [0.4, 0.5) is 4.39 Å². The molecule has 0 saturated carbocycles. The Morgan fingerprint density at radius 1 is 1.03 bits per heavy atom. The van der Waals surface area contributed by atoms with Crippen molar-refractivity contribution in [2.75, 3.05) is 0 Å². The molecular formula is C26H22FN5OS. The normalized spacial score (nSPS) is 16.7. The van der Waals surface area contributed by atoms with Gasteiger partial charge in [-0.2, -0.15) is 15.1 Å². The van der Waals surface area contributed by atoms with Crippen molar-refractivity contribution in [3.8, 4) is 5.69 Å². The standard InChI is InChI=1S/C26H22FN5OS/c1-14-5-6-15(2)22(11-14)31-16(3)12-19(17(31)4)13-21-23(28)32-26(29-24(21)33)34-25(30-32)18-7-9-20(27)10-8-18/h5-13,28H,1-4H3/b21-13+,28-23?. The highest BCUT2D eigenvalue weighted by molar-refractivity contribution is 8.27. The second-order valence-corrected chi connectivity index (χ2v) is 9.34. The number of aliphatic imine (C=N–C) groups is 1. The highest BCUT2D eigenvalue weighted by Gasteiger charge is 2.36. The van der Waals surface area contributed by atoms with Gasteiger partial charge in [-0.25, -0.2) is 4.39 Å². The topological polar surface area (TPSA) is 73.8 Å². The molecule has 3 heterocycles. The van der Waals surface area contributed by atoms with Crippen LogP contribution in [-0.4, -0.2) is 31.5 Å². The maximum absolute atomic E-state index is 13.3. The molecule has 2 aromatic carbocycles. The Hall–Kier alpha value is -3.78. The Labute approximate surface area is 201 Å². The van der Waals surface area contributed by atoms with Gasteiger partial charge in [-0.3, -0.25) is 10.2 Å². The number of nitrogens with one attached hydrogen (secondary N) is 1. The maximum Gasteiger partial charge on any atom is 0.283 e. The Morgan fingerprint density at radius 2 is 1.76 bits per heavy atom. The van der Waals surface area contributed by atoms with Crippen molar-refractivity contribution >= 4 is 39.8 Å². The number of fused-ring (bicyclic) bond motifs is 1. The number of amides is 1. The van der Waals surface area contributed by atoms with Crippen LogP contribution in [0.15, 0.2) is 64.2 Å². The second-order valence-electron chi connectivity index (χ2n) is 8.38.